The van der Waals surface area contributed by atoms with E-state index in [9.17, 15) is 13.2 Å². The van der Waals surface area contributed by atoms with Crippen LogP contribution in [-0.4, -0.2) is 54.3 Å². The van der Waals surface area contributed by atoms with E-state index in [1.165, 1.54) is 17.0 Å². The second-order valence-electron chi connectivity index (χ2n) is 8.23. The maximum absolute atomic E-state index is 13.2. The number of halogens is 1. The Bertz CT molecular complexity index is 1110. The van der Waals surface area contributed by atoms with Crippen LogP contribution in [0.5, 0.6) is 0 Å². The molecule has 1 N–H and O–H groups in total. The first-order chi connectivity index (χ1) is 15.8. The second kappa shape index (κ2) is 10.3. The zero-order chi connectivity index (χ0) is 23.6. The van der Waals surface area contributed by atoms with Crippen LogP contribution < -0.4 is 9.62 Å². The summed E-state index contributed by atoms with van der Waals surface area (Å²) in [6.07, 6.45) is 5.36. The number of likely N-dealkylation sites (tertiary alicyclic amines) is 1. The van der Waals surface area contributed by atoms with Crippen molar-refractivity contribution in [3.63, 3.8) is 0 Å². The zero-order valence-corrected chi connectivity index (χ0v) is 21.1. The molecular formula is C22H25ClN4O3S3. The minimum absolute atomic E-state index is 0.0656. The van der Waals surface area contributed by atoms with Gasteiger partial charge >= 0.3 is 0 Å². The van der Waals surface area contributed by atoms with Crippen molar-refractivity contribution in [2.45, 2.75) is 34.6 Å². The topological polar surface area (TPSA) is 82.6 Å². The van der Waals surface area contributed by atoms with Gasteiger partial charge in [0.1, 0.15) is 5.50 Å². The molecule has 4 rings (SSSR count). The predicted octanol–water partition coefficient (Wildman–Crippen LogP) is 3.31. The highest BCUT2D eigenvalue weighted by molar-refractivity contribution is 7.89. The molecule has 2 aromatic rings. The lowest BCUT2D eigenvalue weighted by atomic mass is 9.95. The number of carbonyl (C=O) groups is 1. The number of nitrogens with zero attached hydrogens (tertiary/aromatic N) is 3. The van der Waals surface area contributed by atoms with Gasteiger partial charge in [0.2, 0.25) is 15.9 Å². The van der Waals surface area contributed by atoms with E-state index in [0.717, 1.165) is 18.8 Å². The molecule has 0 spiro atoms. The van der Waals surface area contributed by atoms with Crippen LogP contribution in [-0.2, 0) is 14.8 Å². The van der Waals surface area contributed by atoms with E-state index in [2.05, 4.69) is 27.2 Å². The predicted molar refractivity (Wildman–Crippen MR) is 135 cm³/mol. The van der Waals surface area contributed by atoms with Gasteiger partial charge in [-0.2, -0.15) is 0 Å². The number of rotatable bonds is 6. The number of piperidine rings is 1. The molecule has 1 aromatic heterocycles. The average Bonchev–Trinajstić information content (AvgIpc) is 3.11. The first-order valence-electron chi connectivity index (χ1n) is 10.7. The monoisotopic (exact) mass is 524 g/mol. The van der Waals surface area contributed by atoms with Crippen molar-refractivity contribution in [1.29, 1.82) is 0 Å². The molecule has 11 heteroatoms. The summed E-state index contributed by atoms with van der Waals surface area (Å²) < 4.78 is 27.8. The average molecular weight is 525 g/mol. The smallest absolute Gasteiger partial charge is 0.240 e. The van der Waals surface area contributed by atoms with Crippen LogP contribution in [0.25, 0.3) is 0 Å². The van der Waals surface area contributed by atoms with Crippen LogP contribution in [0, 0.1) is 11.8 Å². The van der Waals surface area contributed by atoms with E-state index in [1.807, 2.05) is 12.1 Å². The third kappa shape index (κ3) is 5.51. The number of hydrogen-bond donors (Lipinski definition) is 2. The van der Waals surface area contributed by atoms with Gasteiger partial charge in [0.05, 0.1) is 9.88 Å². The van der Waals surface area contributed by atoms with Gasteiger partial charge in [-0.05, 0) is 55.7 Å². The molecule has 2 atom stereocenters. The maximum Gasteiger partial charge on any atom is 0.240 e. The zero-order valence-electron chi connectivity index (χ0n) is 17.8. The van der Waals surface area contributed by atoms with Gasteiger partial charge in [0.15, 0.2) is 0 Å². The van der Waals surface area contributed by atoms with Gasteiger partial charge in [0.25, 0.3) is 0 Å². The van der Waals surface area contributed by atoms with Gasteiger partial charge in [-0.15, -0.1) is 12.6 Å². The number of thiocarbonyl (C=S) groups is 1. The molecule has 1 unspecified atom stereocenters. The van der Waals surface area contributed by atoms with Gasteiger partial charge in [-0.25, -0.2) is 13.1 Å². The Labute approximate surface area is 210 Å². The molecule has 3 heterocycles. The van der Waals surface area contributed by atoms with Crippen molar-refractivity contribution in [2.75, 3.05) is 24.5 Å². The molecule has 0 saturated carbocycles. The van der Waals surface area contributed by atoms with Crippen LogP contribution in [0.2, 0.25) is 0 Å². The number of anilines is 1. The molecule has 176 valence electrons. The lowest BCUT2D eigenvalue weighted by Gasteiger charge is -2.35. The number of alkyl halides is 1. The summed E-state index contributed by atoms with van der Waals surface area (Å²) in [4.78, 5) is 22.3. The highest BCUT2D eigenvalue weighted by Crippen LogP contribution is 2.33. The quantitative estimate of drug-likeness (QED) is 0.261. The maximum atomic E-state index is 13.2. The number of pyridine rings is 1. The first kappa shape index (κ1) is 24.4. The Morgan fingerprint density at radius 1 is 1.15 bits per heavy atom. The normalized spacial score (nSPS) is 22.1. The fourth-order valence-electron chi connectivity index (χ4n) is 4.25. The lowest BCUT2D eigenvalue weighted by Crippen LogP contribution is -2.45. The van der Waals surface area contributed by atoms with Crippen molar-refractivity contribution in [3.05, 3.63) is 48.8 Å². The third-order valence-corrected chi connectivity index (χ3v) is 8.76. The molecule has 33 heavy (non-hydrogen) atoms. The molecule has 0 aliphatic carbocycles. The summed E-state index contributed by atoms with van der Waals surface area (Å²) >= 11 is 16.2. The summed E-state index contributed by atoms with van der Waals surface area (Å²) in [6.45, 7) is 1.63. The SMILES string of the molecule is O=C(C1CCN(c2ccncc2)CC1)N1C(=S)C(CNS(=O)(=O)c2ccc(S)cc2)C[C@H]1Cl. The number of aromatic nitrogens is 1. The Hall–Kier alpha value is -1.72. The molecule has 2 aliphatic heterocycles. The minimum atomic E-state index is -3.70. The van der Waals surface area contributed by atoms with Gasteiger partial charge in [-0.1, -0.05) is 23.8 Å². The number of benzene rings is 1. The van der Waals surface area contributed by atoms with E-state index in [-0.39, 0.29) is 29.2 Å². The van der Waals surface area contributed by atoms with Crippen LogP contribution in [0.3, 0.4) is 0 Å². The molecule has 7 nitrogen and oxygen atoms in total. The van der Waals surface area contributed by atoms with E-state index >= 15 is 0 Å². The first-order valence-corrected chi connectivity index (χ1v) is 13.5. The fourth-order valence-corrected chi connectivity index (χ4v) is 6.35. The van der Waals surface area contributed by atoms with Crippen molar-refractivity contribution in [2.24, 2.45) is 11.8 Å². The molecular weight excluding hydrogens is 500 g/mol. The third-order valence-electron chi connectivity index (χ3n) is 6.12. The van der Waals surface area contributed by atoms with Crippen LogP contribution in [0.4, 0.5) is 5.69 Å². The molecule has 0 radical (unpaired) electrons. The molecule has 1 amide bonds. The van der Waals surface area contributed by atoms with Crippen molar-refractivity contribution in [1.82, 2.24) is 14.6 Å². The lowest BCUT2D eigenvalue weighted by molar-refractivity contribution is -0.132. The van der Waals surface area contributed by atoms with Gasteiger partial charge in [-0.3, -0.25) is 14.7 Å². The summed E-state index contributed by atoms with van der Waals surface area (Å²) in [5, 5.41) is 0. The Morgan fingerprint density at radius 2 is 1.79 bits per heavy atom. The summed E-state index contributed by atoms with van der Waals surface area (Å²) in [7, 11) is -3.70. The molecule has 2 saturated heterocycles. The fraction of sp³-hybridized carbons (Fsp3) is 0.409. The Kier molecular flexibility index (Phi) is 7.59. The summed E-state index contributed by atoms with van der Waals surface area (Å²) in [5.41, 5.74) is 0.528. The molecule has 2 aliphatic rings. The largest absolute Gasteiger partial charge is 0.371 e. The van der Waals surface area contributed by atoms with Crippen LogP contribution in [0.1, 0.15) is 19.3 Å². The highest BCUT2D eigenvalue weighted by atomic mass is 35.5. The molecule has 2 fully saturated rings. The van der Waals surface area contributed by atoms with Crippen LogP contribution in [0.15, 0.2) is 58.6 Å². The summed E-state index contributed by atoms with van der Waals surface area (Å²) in [5.74, 6) is -0.538. The van der Waals surface area contributed by atoms with E-state index in [1.54, 1.807) is 24.5 Å². The summed E-state index contributed by atoms with van der Waals surface area (Å²) in [6, 6.07) is 10.2. The number of nitrogens with one attached hydrogen (secondary N) is 1. The highest BCUT2D eigenvalue weighted by Gasteiger charge is 2.42. The van der Waals surface area contributed by atoms with E-state index < -0.39 is 15.5 Å². The number of hydrogen-bond acceptors (Lipinski definition) is 7. The molecule has 1 aromatic carbocycles. The number of thiol groups is 1. The standard InChI is InChI=1S/C22H25ClN4O3S3/c23-20-13-16(14-25-33(29,30)19-3-1-18(31)2-4-19)22(32)27(20)21(28)15-7-11-26(12-8-15)17-5-9-24-10-6-17/h1-6,9-10,15-16,20,25,31H,7-8,11-14H2/t16?,20-/m0/s1. The second-order valence-corrected chi connectivity index (χ2v) is 11.4. The number of amides is 1. The van der Waals surface area contributed by atoms with E-state index in [0.29, 0.717) is 29.1 Å². The van der Waals surface area contributed by atoms with Crippen molar-refractivity contribution < 1.29 is 13.2 Å². The number of carbonyl (C=O) groups excluding carboxylic acids is 1. The van der Waals surface area contributed by atoms with E-state index in [4.69, 9.17) is 23.8 Å². The number of sulfonamides is 1. The van der Waals surface area contributed by atoms with Crippen LogP contribution >= 0.6 is 36.4 Å². The molecule has 0 bridgehead atoms. The Balaban J connectivity index is 1.34. The van der Waals surface area contributed by atoms with Crippen molar-refractivity contribution >= 4 is 63.1 Å². The van der Waals surface area contributed by atoms with Gasteiger partial charge < -0.3 is 4.90 Å². The van der Waals surface area contributed by atoms with Crippen molar-refractivity contribution in [3.8, 4) is 0 Å². The van der Waals surface area contributed by atoms with Gasteiger partial charge in [0, 0.05) is 54.4 Å². The Morgan fingerprint density at radius 3 is 2.42 bits per heavy atom. The minimum Gasteiger partial charge on any atom is -0.371 e.